The van der Waals surface area contributed by atoms with E-state index >= 15 is 0 Å². The molecule has 0 radical (unpaired) electrons. The molecular formula is C23H30N4O2. The third kappa shape index (κ3) is 5.21. The highest BCUT2D eigenvalue weighted by atomic mass is 16.5. The van der Waals surface area contributed by atoms with Gasteiger partial charge in [0.15, 0.2) is 0 Å². The molecule has 1 amide bonds. The Morgan fingerprint density at radius 3 is 2.34 bits per heavy atom. The largest absolute Gasteiger partial charge is 0.378 e. The van der Waals surface area contributed by atoms with Crippen LogP contribution in [0.25, 0.3) is 0 Å². The summed E-state index contributed by atoms with van der Waals surface area (Å²) in [6.45, 7) is 5.63. The molecule has 0 aliphatic carbocycles. The number of nitrogens with one attached hydrogen (secondary N) is 2. The Morgan fingerprint density at radius 2 is 1.59 bits per heavy atom. The van der Waals surface area contributed by atoms with Crippen molar-refractivity contribution in [2.75, 3.05) is 66.4 Å². The molecule has 2 saturated heterocycles. The van der Waals surface area contributed by atoms with Crippen LogP contribution < -0.4 is 20.4 Å². The zero-order valence-electron chi connectivity index (χ0n) is 16.9. The number of ether oxygens (including phenoxy) is 1. The van der Waals surface area contributed by atoms with Gasteiger partial charge in [0.25, 0.3) is 0 Å². The SMILES string of the molecule is O=C(CNc1ccc(N2CCCCC2)cc1)Nc1ccccc1N1CCOCC1. The Morgan fingerprint density at radius 1 is 0.862 bits per heavy atom. The Kier molecular flexibility index (Phi) is 6.52. The average molecular weight is 395 g/mol. The summed E-state index contributed by atoms with van der Waals surface area (Å²) in [6, 6.07) is 16.3. The summed E-state index contributed by atoms with van der Waals surface area (Å²) in [5.41, 5.74) is 4.12. The van der Waals surface area contributed by atoms with Crippen LogP contribution in [0.3, 0.4) is 0 Å². The molecule has 0 saturated carbocycles. The molecule has 2 aliphatic heterocycles. The summed E-state index contributed by atoms with van der Waals surface area (Å²) < 4.78 is 5.43. The molecule has 2 N–H and O–H groups in total. The number of hydrogen-bond acceptors (Lipinski definition) is 5. The highest BCUT2D eigenvalue weighted by molar-refractivity contribution is 5.96. The number of para-hydroxylation sites is 2. The number of benzene rings is 2. The van der Waals surface area contributed by atoms with Crippen molar-refractivity contribution in [2.45, 2.75) is 19.3 Å². The van der Waals surface area contributed by atoms with Gasteiger partial charge in [0.2, 0.25) is 5.91 Å². The van der Waals surface area contributed by atoms with Gasteiger partial charge in [0.05, 0.1) is 31.1 Å². The molecular weight excluding hydrogens is 364 g/mol. The van der Waals surface area contributed by atoms with Gasteiger partial charge in [-0.2, -0.15) is 0 Å². The highest BCUT2D eigenvalue weighted by Crippen LogP contribution is 2.26. The maximum Gasteiger partial charge on any atom is 0.243 e. The van der Waals surface area contributed by atoms with E-state index in [4.69, 9.17) is 4.74 Å². The lowest BCUT2D eigenvalue weighted by molar-refractivity contribution is -0.114. The summed E-state index contributed by atoms with van der Waals surface area (Å²) >= 11 is 0. The van der Waals surface area contributed by atoms with Crippen LogP contribution in [0.5, 0.6) is 0 Å². The number of carbonyl (C=O) groups is 1. The number of carbonyl (C=O) groups excluding carboxylic acids is 1. The first-order chi connectivity index (χ1) is 14.3. The van der Waals surface area contributed by atoms with Crippen LogP contribution in [-0.4, -0.2) is 51.8 Å². The molecule has 4 rings (SSSR count). The van der Waals surface area contributed by atoms with Crippen LogP contribution in [0.2, 0.25) is 0 Å². The Bertz CT molecular complexity index is 797. The number of morpholine rings is 1. The third-order valence-corrected chi connectivity index (χ3v) is 5.57. The van der Waals surface area contributed by atoms with Crippen LogP contribution in [0.15, 0.2) is 48.5 Å². The molecule has 2 aliphatic rings. The molecule has 0 unspecified atom stereocenters. The zero-order valence-corrected chi connectivity index (χ0v) is 16.9. The second-order valence-corrected chi connectivity index (χ2v) is 7.61. The van der Waals surface area contributed by atoms with Crippen LogP contribution in [-0.2, 0) is 9.53 Å². The van der Waals surface area contributed by atoms with Gasteiger partial charge in [0, 0.05) is 37.6 Å². The minimum Gasteiger partial charge on any atom is -0.378 e. The third-order valence-electron chi connectivity index (χ3n) is 5.57. The fourth-order valence-electron chi connectivity index (χ4n) is 3.98. The van der Waals surface area contributed by atoms with Crippen molar-refractivity contribution < 1.29 is 9.53 Å². The first kappa shape index (κ1) is 19.6. The van der Waals surface area contributed by atoms with E-state index in [-0.39, 0.29) is 12.5 Å². The number of piperidine rings is 1. The molecule has 2 aromatic rings. The van der Waals surface area contributed by atoms with Gasteiger partial charge < -0.3 is 25.2 Å². The van der Waals surface area contributed by atoms with Crippen molar-refractivity contribution >= 4 is 28.7 Å². The zero-order chi connectivity index (χ0) is 19.9. The molecule has 6 heteroatoms. The predicted octanol–water partition coefficient (Wildman–Crippen LogP) is 3.56. The molecule has 0 bridgehead atoms. The van der Waals surface area contributed by atoms with Crippen molar-refractivity contribution in [3.05, 3.63) is 48.5 Å². The second kappa shape index (κ2) is 9.65. The fourth-order valence-corrected chi connectivity index (χ4v) is 3.98. The molecule has 6 nitrogen and oxygen atoms in total. The quantitative estimate of drug-likeness (QED) is 0.785. The summed E-state index contributed by atoms with van der Waals surface area (Å²) in [7, 11) is 0. The summed E-state index contributed by atoms with van der Waals surface area (Å²) in [5, 5.41) is 6.28. The fraction of sp³-hybridized carbons (Fsp3) is 0.435. The van der Waals surface area contributed by atoms with Crippen molar-refractivity contribution in [1.29, 1.82) is 0 Å². The van der Waals surface area contributed by atoms with E-state index in [1.807, 2.05) is 24.3 Å². The van der Waals surface area contributed by atoms with Gasteiger partial charge in [-0.05, 0) is 55.7 Å². The first-order valence-electron chi connectivity index (χ1n) is 10.6. The van der Waals surface area contributed by atoms with Crippen LogP contribution in [0.1, 0.15) is 19.3 Å². The van der Waals surface area contributed by atoms with Gasteiger partial charge in [0.1, 0.15) is 0 Å². The average Bonchev–Trinajstić information content (AvgIpc) is 2.80. The van der Waals surface area contributed by atoms with Gasteiger partial charge in [-0.25, -0.2) is 0 Å². The molecule has 0 spiro atoms. The summed E-state index contributed by atoms with van der Waals surface area (Å²) in [6.07, 6.45) is 3.87. The maximum absolute atomic E-state index is 12.5. The highest BCUT2D eigenvalue weighted by Gasteiger charge is 2.16. The Balaban J connectivity index is 1.31. The van der Waals surface area contributed by atoms with Gasteiger partial charge >= 0.3 is 0 Å². The topological polar surface area (TPSA) is 56.8 Å². The van der Waals surface area contributed by atoms with E-state index in [2.05, 4.69) is 44.7 Å². The van der Waals surface area contributed by atoms with Crippen molar-refractivity contribution in [2.24, 2.45) is 0 Å². The van der Waals surface area contributed by atoms with E-state index in [1.54, 1.807) is 0 Å². The second-order valence-electron chi connectivity index (χ2n) is 7.61. The van der Waals surface area contributed by atoms with E-state index < -0.39 is 0 Å². The van der Waals surface area contributed by atoms with Crippen molar-refractivity contribution in [1.82, 2.24) is 0 Å². The molecule has 2 aromatic carbocycles. The monoisotopic (exact) mass is 394 g/mol. The number of amides is 1. The lowest BCUT2D eigenvalue weighted by Gasteiger charge is -2.30. The maximum atomic E-state index is 12.5. The van der Waals surface area contributed by atoms with Gasteiger partial charge in [-0.3, -0.25) is 4.79 Å². The van der Waals surface area contributed by atoms with Crippen molar-refractivity contribution in [3.8, 4) is 0 Å². The van der Waals surface area contributed by atoms with E-state index in [0.717, 1.165) is 56.5 Å². The van der Waals surface area contributed by atoms with Crippen LogP contribution in [0, 0.1) is 0 Å². The van der Waals surface area contributed by atoms with Gasteiger partial charge in [-0.1, -0.05) is 12.1 Å². The normalized spacial score (nSPS) is 17.1. The van der Waals surface area contributed by atoms with Crippen LogP contribution >= 0.6 is 0 Å². The summed E-state index contributed by atoms with van der Waals surface area (Å²) in [4.78, 5) is 17.2. The Labute approximate surface area is 172 Å². The van der Waals surface area contributed by atoms with E-state index in [9.17, 15) is 4.79 Å². The lowest BCUT2D eigenvalue weighted by Crippen LogP contribution is -2.37. The molecule has 154 valence electrons. The van der Waals surface area contributed by atoms with Crippen molar-refractivity contribution in [3.63, 3.8) is 0 Å². The minimum absolute atomic E-state index is 0.0502. The predicted molar refractivity (Wildman–Crippen MR) is 119 cm³/mol. The standard InChI is InChI=1S/C23H30N4O2/c28-23(25-21-6-2-3-7-22(21)27-14-16-29-17-15-27)18-24-19-8-10-20(11-9-19)26-12-4-1-5-13-26/h2-3,6-11,24H,1,4-5,12-18H2,(H,25,28). The minimum atomic E-state index is -0.0502. The lowest BCUT2D eigenvalue weighted by atomic mass is 10.1. The number of hydrogen-bond donors (Lipinski definition) is 2. The molecule has 29 heavy (non-hydrogen) atoms. The van der Waals surface area contributed by atoms with E-state index in [0.29, 0.717) is 0 Å². The first-order valence-corrected chi connectivity index (χ1v) is 10.6. The smallest absolute Gasteiger partial charge is 0.243 e. The summed E-state index contributed by atoms with van der Waals surface area (Å²) in [5.74, 6) is -0.0502. The van der Waals surface area contributed by atoms with Crippen LogP contribution in [0.4, 0.5) is 22.7 Å². The molecule has 0 aromatic heterocycles. The molecule has 0 atom stereocenters. The Hall–Kier alpha value is -2.73. The number of rotatable bonds is 6. The molecule has 2 heterocycles. The van der Waals surface area contributed by atoms with Gasteiger partial charge in [-0.15, -0.1) is 0 Å². The number of anilines is 4. The van der Waals surface area contributed by atoms with E-state index in [1.165, 1.54) is 24.9 Å². The number of nitrogens with zero attached hydrogens (tertiary/aromatic N) is 2. The molecule has 2 fully saturated rings.